The van der Waals surface area contributed by atoms with Gasteiger partial charge in [-0.25, -0.2) is 8.42 Å². The van der Waals surface area contributed by atoms with E-state index in [1.807, 2.05) is 0 Å². The predicted octanol–water partition coefficient (Wildman–Crippen LogP) is 3.12. The van der Waals surface area contributed by atoms with Crippen molar-refractivity contribution in [3.63, 3.8) is 0 Å². The van der Waals surface area contributed by atoms with Crippen molar-refractivity contribution in [3.05, 3.63) is 28.7 Å². The van der Waals surface area contributed by atoms with Gasteiger partial charge in [-0.1, -0.05) is 29.8 Å². The first-order valence-electron chi connectivity index (χ1n) is 6.17. The summed E-state index contributed by atoms with van der Waals surface area (Å²) >= 11 is 3.32. The van der Waals surface area contributed by atoms with E-state index in [1.165, 1.54) is 0 Å². The molecule has 0 aliphatic carbocycles. The molecule has 0 bridgehead atoms. The molecule has 1 atom stereocenters. The molecule has 2 rings (SSSR count). The molecule has 1 aromatic rings. The van der Waals surface area contributed by atoms with Crippen molar-refractivity contribution in [1.29, 1.82) is 0 Å². The van der Waals surface area contributed by atoms with Crippen molar-refractivity contribution in [2.75, 3.05) is 13.1 Å². The standard InChI is InChI=1S/C13H18BrNO2S/c1-10(2)11-7-8-15(9-11)18(16,17)13-5-3-12(14)4-6-13/h3-6,10-11H,7-9H2,1-2H3. The molecule has 18 heavy (non-hydrogen) atoms. The molecule has 5 heteroatoms. The molecule has 1 aromatic carbocycles. The normalized spacial score (nSPS) is 21.7. The van der Waals surface area contributed by atoms with Gasteiger partial charge in [0, 0.05) is 17.6 Å². The van der Waals surface area contributed by atoms with Gasteiger partial charge in [0.2, 0.25) is 10.0 Å². The topological polar surface area (TPSA) is 37.4 Å². The van der Waals surface area contributed by atoms with Crippen molar-refractivity contribution in [2.24, 2.45) is 11.8 Å². The number of nitrogens with zero attached hydrogens (tertiary/aromatic N) is 1. The molecule has 1 fully saturated rings. The Hall–Kier alpha value is -0.390. The van der Waals surface area contributed by atoms with Gasteiger partial charge in [0.05, 0.1) is 4.90 Å². The van der Waals surface area contributed by atoms with E-state index < -0.39 is 10.0 Å². The SMILES string of the molecule is CC(C)C1CCN(S(=O)(=O)c2ccc(Br)cc2)C1. The summed E-state index contributed by atoms with van der Waals surface area (Å²) in [6, 6.07) is 6.84. The second-order valence-electron chi connectivity index (χ2n) is 5.11. The van der Waals surface area contributed by atoms with E-state index in [0.29, 0.717) is 29.8 Å². The molecule has 1 heterocycles. The lowest BCUT2D eigenvalue weighted by molar-refractivity contribution is 0.388. The lowest BCUT2D eigenvalue weighted by atomic mass is 9.96. The van der Waals surface area contributed by atoms with Crippen molar-refractivity contribution in [2.45, 2.75) is 25.2 Å². The average Bonchev–Trinajstić information content (AvgIpc) is 2.79. The van der Waals surface area contributed by atoms with Crippen LogP contribution in [0.5, 0.6) is 0 Å². The average molecular weight is 332 g/mol. The molecule has 3 nitrogen and oxygen atoms in total. The molecule has 0 amide bonds. The molecule has 0 spiro atoms. The number of benzene rings is 1. The van der Waals surface area contributed by atoms with Crippen LogP contribution < -0.4 is 0 Å². The van der Waals surface area contributed by atoms with Crippen LogP contribution in [0.4, 0.5) is 0 Å². The highest BCUT2D eigenvalue weighted by atomic mass is 79.9. The number of rotatable bonds is 3. The largest absolute Gasteiger partial charge is 0.243 e. The Balaban J connectivity index is 2.20. The van der Waals surface area contributed by atoms with Gasteiger partial charge in [-0.2, -0.15) is 4.31 Å². The molecule has 1 unspecified atom stereocenters. The Morgan fingerprint density at radius 3 is 2.39 bits per heavy atom. The molecule has 0 saturated carbocycles. The van der Waals surface area contributed by atoms with Gasteiger partial charge in [0.15, 0.2) is 0 Å². The number of hydrogen-bond donors (Lipinski definition) is 0. The molecule has 100 valence electrons. The van der Waals surface area contributed by atoms with E-state index >= 15 is 0 Å². The van der Waals surface area contributed by atoms with Crippen LogP contribution in [0.2, 0.25) is 0 Å². The first-order chi connectivity index (χ1) is 8.41. The fourth-order valence-corrected chi connectivity index (χ4v) is 4.05. The van der Waals surface area contributed by atoms with Crippen LogP contribution in [0.3, 0.4) is 0 Å². The number of hydrogen-bond acceptors (Lipinski definition) is 2. The molecule has 1 aliphatic rings. The Kier molecular flexibility index (Phi) is 4.14. The maximum absolute atomic E-state index is 12.4. The summed E-state index contributed by atoms with van der Waals surface area (Å²) in [5, 5.41) is 0. The first kappa shape index (κ1) is 14.0. The minimum atomic E-state index is -3.31. The molecular formula is C13H18BrNO2S. The highest BCUT2D eigenvalue weighted by Gasteiger charge is 2.33. The highest BCUT2D eigenvalue weighted by Crippen LogP contribution is 2.28. The van der Waals surface area contributed by atoms with Crippen molar-refractivity contribution in [1.82, 2.24) is 4.31 Å². The van der Waals surface area contributed by atoms with Crippen LogP contribution in [-0.2, 0) is 10.0 Å². The van der Waals surface area contributed by atoms with Gasteiger partial charge in [-0.05, 0) is 42.5 Å². The minimum absolute atomic E-state index is 0.384. The molecule has 0 N–H and O–H groups in total. The van der Waals surface area contributed by atoms with E-state index in [2.05, 4.69) is 29.8 Å². The van der Waals surface area contributed by atoms with E-state index in [-0.39, 0.29) is 0 Å². The fourth-order valence-electron chi connectivity index (χ4n) is 2.27. The monoisotopic (exact) mass is 331 g/mol. The Labute approximate surface area is 117 Å². The van der Waals surface area contributed by atoms with E-state index in [0.717, 1.165) is 10.9 Å². The van der Waals surface area contributed by atoms with Gasteiger partial charge in [-0.3, -0.25) is 0 Å². The zero-order valence-corrected chi connectivity index (χ0v) is 13.0. The fraction of sp³-hybridized carbons (Fsp3) is 0.538. The van der Waals surface area contributed by atoms with E-state index in [4.69, 9.17) is 0 Å². The second kappa shape index (κ2) is 5.31. The van der Waals surface area contributed by atoms with Crippen LogP contribution in [0.1, 0.15) is 20.3 Å². The van der Waals surface area contributed by atoms with Crippen LogP contribution >= 0.6 is 15.9 Å². The zero-order chi connectivity index (χ0) is 13.3. The van der Waals surface area contributed by atoms with Crippen LogP contribution in [0.15, 0.2) is 33.6 Å². The first-order valence-corrected chi connectivity index (χ1v) is 8.40. The molecule has 0 radical (unpaired) electrons. The summed E-state index contributed by atoms with van der Waals surface area (Å²) in [6.07, 6.45) is 0.966. The van der Waals surface area contributed by atoms with Gasteiger partial charge < -0.3 is 0 Å². The second-order valence-corrected chi connectivity index (χ2v) is 7.96. The van der Waals surface area contributed by atoms with E-state index in [1.54, 1.807) is 28.6 Å². The maximum Gasteiger partial charge on any atom is 0.243 e. The molecule has 1 saturated heterocycles. The summed E-state index contributed by atoms with van der Waals surface area (Å²) in [6.45, 7) is 5.60. The van der Waals surface area contributed by atoms with Gasteiger partial charge >= 0.3 is 0 Å². The summed E-state index contributed by atoms with van der Waals surface area (Å²) in [7, 11) is -3.31. The third kappa shape index (κ3) is 2.78. The lowest BCUT2D eigenvalue weighted by Gasteiger charge is -2.18. The van der Waals surface area contributed by atoms with Gasteiger partial charge in [0.1, 0.15) is 0 Å². The van der Waals surface area contributed by atoms with Crippen LogP contribution in [-0.4, -0.2) is 25.8 Å². The van der Waals surface area contributed by atoms with Crippen molar-refractivity contribution in [3.8, 4) is 0 Å². The Morgan fingerprint density at radius 2 is 1.89 bits per heavy atom. The van der Waals surface area contributed by atoms with Crippen molar-refractivity contribution >= 4 is 26.0 Å². The van der Waals surface area contributed by atoms with Crippen LogP contribution in [0.25, 0.3) is 0 Å². The van der Waals surface area contributed by atoms with Gasteiger partial charge in [-0.15, -0.1) is 0 Å². The summed E-state index contributed by atoms with van der Waals surface area (Å²) in [4.78, 5) is 0.384. The quantitative estimate of drug-likeness (QED) is 0.853. The maximum atomic E-state index is 12.4. The highest BCUT2D eigenvalue weighted by molar-refractivity contribution is 9.10. The molecule has 0 aromatic heterocycles. The predicted molar refractivity (Wildman–Crippen MR) is 75.8 cm³/mol. The molecular weight excluding hydrogens is 314 g/mol. The van der Waals surface area contributed by atoms with Crippen molar-refractivity contribution < 1.29 is 8.42 Å². The molecule has 1 aliphatic heterocycles. The zero-order valence-electron chi connectivity index (χ0n) is 10.6. The van der Waals surface area contributed by atoms with Crippen LogP contribution in [0, 0.1) is 11.8 Å². The summed E-state index contributed by atoms with van der Waals surface area (Å²) in [5.41, 5.74) is 0. The minimum Gasteiger partial charge on any atom is -0.207 e. The smallest absolute Gasteiger partial charge is 0.207 e. The number of sulfonamides is 1. The summed E-state index contributed by atoms with van der Waals surface area (Å²) < 4.78 is 27.4. The van der Waals surface area contributed by atoms with Gasteiger partial charge in [0.25, 0.3) is 0 Å². The Bertz CT molecular complexity index is 510. The Morgan fingerprint density at radius 1 is 1.28 bits per heavy atom. The third-order valence-electron chi connectivity index (χ3n) is 3.58. The third-order valence-corrected chi connectivity index (χ3v) is 5.99. The summed E-state index contributed by atoms with van der Waals surface area (Å²) in [5.74, 6) is 1.02. The lowest BCUT2D eigenvalue weighted by Crippen LogP contribution is -2.29. The number of halogens is 1. The van der Waals surface area contributed by atoms with E-state index in [9.17, 15) is 8.42 Å².